The quantitative estimate of drug-likeness (QED) is 0.612. The summed E-state index contributed by atoms with van der Waals surface area (Å²) in [6, 6.07) is 11.8. The molecule has 2 aliphatic rings. The van der Waals surface area contributed by atoms with Crippen molar-refractivity contribution in [3.63, 3.8) is 0 Å². The molecule has 2 aromatic carbocycles. The van der Waals surface area contributed by atoms with Gasteiger partial charge in [-0.1, -0.05) is 47.7 Å². The topological polar surface area (TPSA) is 50.8 Å². The van der Waals surface area contributed by atoms with E-state index in [0.29, 0.717) is 21.6 Å². The number of fused-ring (bicyclic) bond motifs is 1. The lowest BCUT2D eigenvalue weighted by molar-refractivity contribution is -0.121. The minimum Gasteiger partial charge on any atom is -0.454 e. The molecule has 5 nitrogen and oxygen atoms in total. The maximum Gasteiger partial charge on any atom is 0.267 e. The predicted molar refractivity (Wildman–Crippen MR) is 112 cm³/mol. The number of carbonyl (C=O) groups is 1. The van der Waals surface area contributed by atoms with Crippen molar-refractivity contribution in [2.75, 3.05) is 18.8 Å². The fraction of sp³-hybridized carbons (Fsp3) is 0.200. The number of carbonyl (C=O) groups excluding carboxylic acids is 1. The molecule has 2 heterocycles. The van der Waals surface area contributed by atoms with Crippen LogP contribution in [-0.2, 0) is 4.79 Å². The molecule has 0 saturated carbocycles. The van der Waals surface area contributed by atoms with Gasteiger partial charge in [0.15, 0.2) is 11.5 Å². The second-order valence-corrected chi connectivity index (χ2v) is 8.05. The van der Waals surface area contributed by atoms with Crippen molar-refractivity contribution in [1.82, 2.24) is 4.90 Å². The average molecular weight is 399 g/mol. The fourth-order valence-electron chi connectivity index (χ4n) is 2.97. The Bertz CT molecular complexity index is 972. The Morgan fingerprint density at radius 1 is 1.19 bits per heavy atom. The summed E-state index contributed by atoms with van der Waals surface area (Å²) in [4.78, 5) is 14.9. The summed E-state index contributed by atoms with van der Waals surface area (Å²) in [6.07, 6.45) is 1.83. The van der Waals surface area contributed by atoms with Crippen LogP contribution in [-0.4, -0.2) is 28.6 Å². The first-order chi connectivity index (χ1) is 13.0. The average Bonchev–Trinajstić information content (AvgIpc) is 3.19. The van der Waals surface area contributed by atoms with Crippen LogP contribution in [0.25, 0.3) is 6.08 Å². The molecule has 0 atom stereocenters. The number of aryl methyl sites for hydroxylation is 2. The minimum atomic E-state index is -0.0973. The summed E-state index contributed by atoms with van der Waals surface area (Å²) in [5.41, 5.74) is 4.21. The van der Waals surface area contributed by atoms with Crippen LogP contribution in [0, 0.1) is 13.8 Å². The number of benzene rings is 2. The maximum atomic E-state index is 12.8. The van der Waals surface area contributed by atoms with Crippen LogP contribution in [0.4, 0.5) is 5.69 Å². The molecule has 0 bridgehead atoms. The van der Waals surface area contributed by atoms with E-state index in [1.54, 1.807) is 4.90 Å². The van der Waals surface area contributed by atoms with Crippen molar-refractivity contribution >= 4 is 46.0 Å². The second-order valence-electron chi connectivity index (χ2n) is 6.38. The summed E-state index contributed by atoms with van der Waals surface area (Å²) in [7, 11) is 0. The smallest absolute Gasteiger partial charge is 0.267 e. The largest absolute Gasteiger partial charge is 0.454 e. The third-order valence-electron chi connectivity index (χ3n) is 4.38. The van der Waals surface area contributed by atoms with Gasteiger partial charge in [-0.05, 0) is 49.2 Å². The van der Waals surface area contributed by atoms with E-state index in [9.17, 15) is 4.79 Å². The van der Waals surface area contributed by atoms with E-state index >= 15 is 0 Å². The molecular formula is C20H18N2O3S2. The minimum absolute atomic E-state index is 0.0973. The van der Waals surface area contributed by atoms with E-state index in [1.807, 2.05) is 43.3 Å². The Hall–Kier alpha value is -2.51. The lowest BCUT2D eigenvalue weighted by Gasteiger charge is -2.17. The zero-order valence-electron chi connectivity index (χ0n) is 14.9. The Kier molecular flexibility index (Phi) is 4.80. The summed E-state index contributed by atoms with van der Waals surface area (Å²) >= 11 is 6.71. The predicted octanol–water partition coefficient (Wildman–Crippen LogP) is 4.30. The summed E-state index contributed by atoms with van der Waals surface area (Å²) in [6.45, 7) is 4.66. The maximum absolute atomic E-state index is 12.8. The van der Waals surface area contributed by atoms with Crippen LogP contribution >= 0.6 is 24.0 Å². The third kappa shape index (κ3) is 3.65. The van der Waals surface area contributed by atoms with Crippen molar-refractivity contribution in [2.45, 2.75) is 13.8 Å². The zero-order valence-corrected chi connectivity index (χ0v) is 16.6. The lowest BCUT2D eigenvalue weighted by atomic mass is 10.1. The monoisotopic (exact) mass is 398 g/mol. The highest BCUT2D eigenvalue weighted by atomic mass is 32.2. The Balaban J connectivity index is 1.48. The van der Waals surface area contributed by atoms with Crippen LogP contribution < -0.4 is 14.8 Å². The van der Waals surface area contributed by atoms with E-state index in [-0.39, 0.29) is 12.7 Å². The molecule has 0 aliphatic carbocycles. The Labute approximate surface area is 167 Å². The number of hydrogen-bond donors (Lipinski definition) is 1. The summed E-state index contributed by atoms with van der Waals surface area (Å²) < 4.78 is 11.3. The van der Waals surface area contributed by atoms with E-state index < -0.39 is 0 Å². The first-order valence-corrected chi connectivity index (χ1v) is 9.70. The van der Waals surface area contributed by atoms with Crippen LogP contribution in [0.3, 0.4) is 0 Å². The lowest BCUT2D eigenvalue weighted by Crippen LogP contribution is -2.33. The van der Waals surface area contributed by atoms with Crippen molar-refractivity contribution in [3.05, 3.63) is 58.0 Å². The molecule has 0 unspecified atom stereocenters. The molecule has 0 radical (unpaired) electrons. The standard InChI is InChI=1S/C20H18N2O3S2/c1-12-3-5-15(13(2)7-12)21-10-22-19(23)18(27-20(22)26)9-14-4-6-16-17(8-14)25-11-24-16/h3-9,21H,10-11H2,1-2H3/b18-9+. The van der Waals surface area contributed by atoms with E-state index in [1.165, 1.54) is 17.3 Å². The number of nitrogens with zero attached hydrogens (tertiary/aromatic N) is 1. The number of rotatable bonds is 4. The van der Waals surface area contributed by atoms with Crippen LogP contribution in [0.1, 0.15) is 16.7 Å². The molecule has 7 heteroatoms. The van der Waals surface area contributed by atoms with Gasteiger partial charge >= 0.3 is 0 Å². The van der Waals surface area contributed by atoms with Crippen LogP contribution in [0.15, 0.2) is 41.3 Å². The van der Waals surface area contributed by atoms with E-state index in [4.69, 9.17) is 21.7 Å². The number of ether oxygens (including phenoxy) is 2. The van der Waals surface area contributed by atoms with Gasteiger partial charge in [0.1, 0.15) is 4.32 Å². The van der Waals surface area contributed by atoms with Gasteiger partial charge in [-0.2, -0.15) is 0 Å². The number of thiocarbonyl (C=S) groups is 1. The van der Waals surface area contributed by atoms with Crippen molar-refractivity contribution < 1.29 is 14.3 Å². The van der Waals surface area contributed by atoms with Crippen molar-refractivity contribution in [1.29, 1.82) is 0 Å². The first-order valence-electron chi connectivity index (χ1n) is 8.47. The van der Waals surface area contributed by atoms with Crippen molar-refractivity contribution in [2.24, 2.45) is 0 Å². The molecule has 2 aliphatic heterocycles. The molecule has 1 fully saturated rings. The van der Waals surface area contributed by atoms with Gasteiger partial charge in [0.05, 0.1) is 11.6 Å². The second kappa shape index (κ2) is 7.25. The summed E-state index contributed by atoms with van der Waals surface area (Å²) in [5, 5.41) is 3.30. The zero-order chi connectivity index (χ0) is 19.0. The van der Waals surface area contributed by atoms with E-state index in [0.717, 1.165) is 22.6 Å². The number of anilines is 1. The Morgan fingerprint density at radius 2 is 2.00 bits per heavy atom. The molecule has 4 rings (SSSR count). The summed E-state index contributed by atoms with van der Waals surface area (Å²) in [5.74, 6) is 1.31. The SMILES string of the molecule is Cc1ccc(NCN2C(=O)/C(=C\c3ccc4c(c3)OCO4)SC2=S)c(C)c1. The molecule has 2 aromatic rings. The van der Waals surface area contributed by atoms with Gasteiger partial charge in [0.2, 0.25) is 6.79 Å². The van der Waals surface area contributed by atoms with Gasteiger partial charge in [0, 0.05) is 5.69 Å². The molecule has 138 valence electrons. The number of thioether (sulfide) groups is 1. The molecule has 1 amide bonds. The molecule has 27 heavy (non-hydrogen) atoms. The molecule has 1 N–H and O–H groups in total. The number of amides is 1. The Morgan fingerprint density at radius 3 is 2.81 bits per heavy atom. The molecular weight excluding hydrogens is 380 g/mol. The first kappa shape index (κ1) is 17.9. The third-order valence-corrected chi connectivity index (χ3v) is 5.76. The van der Waals surface area contributed by atoms with Gasteiger partial charge in [-0.15, -0.1) is 0 Å². The highest BCUT2D eigenvalue weighted by Crippen LogP contribution is 2.36. The molecule has 0 spiro atoms. The van der Waals surface area contributed by atoms with Crippen LogP contribution in [0.5, 0.6) is 11.5 Å². The highest BCUT2D eigenvalue weighted by molar-refractivity contribution is 8.26. The molecule has 1 saturated heterocycles. The normalized spacial score (nSPS) is 17.1. The fourth-order valence-corrected chi connectivity index (χ4v) is 4.22. The van der Waals surface area contributed by atoms with Gasteiger partial charge in [-0.3, -0.25) is 9.69 Å². The van der Waals surface area contributed by atoms with Gasteiger partial charge in [0.25, 0.3) is 5.91 Å². The highest BCUT2D eigenvalue weighted by Gasteiger charge is 2.32. The van der Waals surface area contributed by atoms with E-state index in [2.05, 4.69) is 18.3 Å². The number of nitrogens with one attached hydrogen (secondary N) is 1. The van der Waals surface area contributed by atoms with Crippen LogP contribution in [0.2, 0.25) is 0 Å². The van der Waals surface area contributed by atoms with Gasteiger partial charge in [-0.25, -0.2) is 0 Å². The molecule has 0 aromatic heterocycles. The van der Waals surface area contributed by atoms with Gasteiger partial charge < -0.3 is 14.8 Å². The number of hydrogen-bond acceptors (Lipinski definition) is 6. The van der Waals surface area contributed by atoms with Crippen molar-refractivity contribution in [3.8, 4) is 11.5 Å².